The highest BCUT2D eigenvalue weighted by molar-refractivity contribution is 7.86. The van der Waals surface area contributed by atoms with Gasteiger partial charge < -0.3 is 0 Å². The summed E-state index contributed by atoms with van der Waals surface area (Å²) in [5, 5.41) is 0. The van der Waals surface area contributed by atoms with E-state index in [9.17, 15) is 8.42 Å². The molecule has 0 saturated carbocycles. The lowest BCUT2D eigenvalue weighted by atomic mass is 9.94. The number of hydrogen-bond acceptors (Lipinski definition) is 3. The lowest BCUT2D eigenvalue weighted by molar-refractivity contribution is 0.282. The summed E-state index contributed by atoms with van der Waals surface area (Å²) in [6.07, 6.45) is 5.60. The summed E-state index contributed by atoms with van der Waals surface area (Å²) in [5.74, 6) is 0.0987. The average Bonchev–Trinajstić information content (AvgIpc) is 2.62. The first kappa shape index (κ1) is 18.7. The maximum Gasteiger partial charge on any atom is 0.296 e. The third-order valence-electron chi connectivity index (χ3n) is 4.13. The standard InChI is InChI=1S/C20H26O3S/c1-2-3-4-7-14-19(18-12-8-5-9-13-18)17-23-24(21,22)20-15-10-6-11-16-20/h5-6,8-13,15-16,19H,2-4,7,14,17H2,1H3. The summed E-state index contributed by atoms with van der Waals surface area (Å²) in [6, 6.07) is 18.4. The highest BCUT2D eigenvalue weighted by atomic mass is 32.2. The third-order valence-corrected chi connectivity index (χ3v) is 5.43. The zero-order chi connectivity index (χ0) is 17.3. The molecule has 0 fully saturated rings. The molecule has 0 heterocycles. The van der Waals surface area contributed by atoms with Crippen LogP contribution in [0.1, 0.15) is 50.5 Å². The summed E-state index contributed by atoms with van der Waals surface area (Å²) in [7, 11) is -3.70. The molecule has 0 spiro atoms. The monoisotopic (exact) mass is 346 g/mol. The normalized spacial score (nSPS) is 12.9. The summed E-state index contributed by atoms with van der Waals surface area (Å²) in [4.78, 5) is 0.211. The van der Waals surface area contributed by atoms with Crippen molar-refractivity contribution in [2.24, 2.45) is 0 Å². The molecule has 4 heteroatoms. The van der Waals surface area contributed by atoms with Crippen molar-refractivity contribution in [1.29, 1.82) is 0 Å². The molecule has 0 aliphatic carbocycles. The van der Waals surface area contributed by atoms with Gasteiger partial charge in [-0.1, -0.05) is 81.1 Å². The van der Waals surface area contributed by atoms with Crippen LogP contribution in [0.4, 0.5) is 0 Å². The molecular formula is C20H26O3S. The fourth-order valence-corrected chi connectivity index (χ4v) is 3.69. The van der Waals surface area contributed by atoms with Crippen LogP contribution in [0, 0.1) is 0 Å². The van der Waals surface area contributed by atoms with Gasteiger partial charge in [-0.05, 0) is 24.1 Å². The minimum Gasteiger partial charge on any atom is -0.266 e. The SMILES string of the molecule is CCCCCCC(COS(=O)(=O)c1ccccc1)c1ccccc1. The van der Waals surface area contributed by atoms with Gasteiger partial charge in [0.05, 0.1) is 11.5 Å². The molecule has 0 N–H and O–H groups in total. The van der Waals surface area contributed by atoms with Crippen molar-refractivity contribution < 1.29 is 12.6 Å². The van der Waals surface area contributed by atoms with Crippen LogP contribution < -0.4 is 0 Å². The number of rotatable bonds is 10. The van der Waals surface area contributed by atoms with Crippen LogP contribution in [0.25, 0.3) is 0 Å². The summed E-state index contributed by atoms with van der Waals surface area (Å²) in [5.41, 5.74) is 1.14. The minimum absolute atomic E-state index is 0.0987. The molecule has 0 radical (unpaired) electrons. The van der Waals surface area contributed by atoms with Crippen LogP contribution in [0.3, 0.4) is 0 Å². The van der Waals surface area contributed by atoms with Gasteiger partial charge in [-0.2, -0.15) is 8.42 Å². The largest absolute Gasteiger partial charge is 0.296 e. The van der Waals surface area contributed by atoms with Crippen molar-refractivity contribution in [3.63, 3.8) is 0 Å². The first-order valence-electron chi connectivity index (χ1n) is 8.63. The second kappa shape index (κ2) is 9.60. The van der Waals surface area contributed by atoms with E-state index in [4.69, 9.17) is 4.18 Å². The highest BCUT2D eigenvalue weighted by Crippen LogP contribution is 2.25. The second-order valence-electron chi connectivity index (χ2n) is 6.01. The molecule has 0 amide bonds. The molecule has 2 rings (SSSR count). The fourth-order valence-electron chi connectivity index (χ4n) is 2.72. The number of unbranched alkanes of at least 4 members (excludes halogenated alkanes) is 3. The minimum atomic E-state index is -3.70. The van der Waals surface area contributed by atoms with E-state index in [1.165, 1.54) is 19.3 Å². The van der Waals surface area contributed by atoms with Crippen molar-refractivity contribution >= 4 is 10.1 Å². The van der Waals surface area contributed by atoms with E-state index < -0.39 is 10.1 Å². The zero-order valence-corrected chi connectivity index (χ0v) is 15.0. The summed E-state index contributed by atoms with van der Waals surface area (Å²) in [6.45, 7) is 2.37. The highest BCUT2D eigenvalue weighted by Gasteiger charge is 2.19. The van der Waals surface area contributed by atoms with Gasteiger partial charge in [0.1, 0.15) is 0 Å². The molecule has 0 aromatic heterocycles. The van der Waals surface area contributed by atoms with E-state index in [0.717, 1.165) is 18.4 Å². The van der Waals surface area contributed by atoms with Crippen molar-refractivity contribution in [3.05, 3.63) is 66.2 Å². The topological polar surface area (TPSA) is 43.4 Å². The smallest absolute Gasteiger partial charge is 0.266 e. The summed E-state index contributed by atoms with van der Waals surface area (Å²) >= 11 is 0. The van der Waals surface area contributed by atoms with Gasteiger partial charge in [0, 0.05) is 5.92 Å². The average molecular weight is 346 g/mol. The Labute approximate surface area is 145 Å². The Balaban J connectivity index is 2.02. The maximum atomic E-state index is 12.3. The Hall–Kier alpha value is -1.65. The first-order chi connectivity index (χ1) is 11.6. The molecule has 0 aliphatic heterocycles. The maximum absolute atomic E-state index is 12.3. The Morgan fingerprint density at radius 1 is 0.875 bits per heavy atom. The number of benzene rings is 2. The Morgan fingerprint density at radius 3 is 2.12 bits per heavy atom. The zero-order valence-electron chi connectivity index (χ0n) is 14.2. The van der Waals surface area contributed by atoms with Crippen LogP contribution in [-0.2, 0) is 14.3 Å². The Kier molecular flexibility index (Phi) is 7.47. The Bertz CT molecular complexity index is 681. The van der Waals surface area contributed by atoms with Gasteiger partial charge in [-0.25, -0.2) is 0 Å². The first-order valence-corrected chi connectivity index (χ1v) is 10.0. The predicted molar refractivity (Wildman–Crippen MR) is 97.5 cm³/mol. The van der Waals surface area contributed by atoms with Crippen molar-refractivity contribution in [2.75, 3.05) is 6.61 Å². The van der Waals surface area contributed by atoms with E-state index in [-0.39, 0.29) is 17.4 Å². The van der Waals surface area contributed by atoms with Gasteiger partial charge in [-0.3, -0.25) is 4.18 Å². The third kappa shape index (κ3) is 5.77. The molecule has 1 atom stereocenters. The van der Waals surface area contributed by atoms with Gasteiger partial charge in [0.15, 0.2) is 0 Å². The van der Waals surface area contributed by atoms with Gasteiger partial charge in [0.2, 0.25) is 0 Å². The molecule has 1 unspecified atom stereocenters. The molecule has 0 bridgehead atoms. The molecule has 24 heavy (non-hydrogen) atoms. The van der Waals surface area contributed by atoms with E-state index in [1.807, 2.05) is 30.3 Å². The summed E-state index contributed by atoms with van der Waals surface area (Å²) < 4.78 is 30.0. The van der Waals surface area contributed by atoms with E-state index in [1.54, 1.807) is 30.3 Å². The van der Waals surface area contributed by atoms with Crippen molar-refractivity contribution in [3.8, 4) is 0 Å². The molecule has 2 aromatic carbocycles. The van der Waals surface area contributed by atoms with Crippen LogP contribution in [-0.4, -0.2) is 15.0 Å². The molecule has 2 aromatic rings. The second-order valence-corrected chi connectivity index (χ2v) is 7.62. The van der Waals surface area contributed by atoms with E-state index in [2.05, 4.69) is 6.92 Å². The van der Waals surface area contributed by atoms with Gasteiger partial charge >= 0.3 is 0 Å². The molecular weight excluding hydrogens is 320 g/mol. The lowest BCUT2D eigenvalue weighted by Gasteiger charge is -2.17. The van der Waals surface area contributed by atoms with Crippen LogP contribution in [0.5, 0.6) is 0 Å². The van der Waals surface area contributed by atoms with Crippen molar-refractivity contribution in [2.45, 2.75) is 49.8 Å². The number of hydrogen-bond donors (Lipinski definition) is 0. The molecule has 130 valence electrons. The van der Waals surface area contributed by atoms with Crippen LogP contribution >= 0.6 is 0 Å². The molecule has 0 saturated heterocycles. The van der Waals surface area contributed by atoms with Gasteiger partial charge in [0.25, 0.3) is 10.1 Å². The fraction of sp³-hybridized carbons (Fsp3) is 0.400. The van der Waals surface area contributed by atoms with Crippen LogP contribution in [0.15, 0.2) is 65.6 Å². The predicted octanol–water partition coefficient (Wildman–Crippen LogP) is 5.15. The van der Waals surface area contributed by atoms with E-state index >= 15 is 0 Å². The van der Waals surface area contributed by atoms with E-state index in [0.29, 0.717) is 0 Å². The lowest BCUT2D eigenvalue weighted by Crippen LogP contribution is -2.14. The van der Waals surface area contributed by atoms with Crippen LogP contribution in [0.2, 0.25) is 0 Å². The van der Waals surface area contributed by atoms with Gasteiger partial charge in [-0.15, -0.1) is 0 Å². The molecule has 0 aliphatic rings. The van der Waals surface area contributed by atoms with Crippen molar-refractivity contribution in [1.82, 2.24) is 0 Å². The molecule has 3 nitrogen and oxygen atoms in total. The Morgan fingerprint density at radius 2 is 1.50 bits per heavy atom. The quantitative estimate of drug-likeness (QED) is 0.441.